The predicted octanol–water partition coefficient (Wildman–Crippen LogP) is 9.34. The number of fused-ring (bicyclic) bond motifs is 7. The first-order chi connectivity index (χ1) is 30.1. The molecule has 0 radical (unpaired) electrons. The molecule has 6 aromatic rings. The lowest BCUT2D eigenvalue weighted by Gasteiger charge is -2.44. The lowest BCUT2D eigenvalue weighted by atomic mass is 9.75. The summed E-state index contributed by atoms with van der Waals surface area (Å²) in [5.41, 5.74) is 8.51. The van der Waals surface area contributed by atoms with E-state index in [4.69, 9.17) is 21.4 Å². The average molecular weight is 850 g/mol. The lowest BCUT2D eigenvalue weighted by molar-refractivity contribution is 0.0595. The third-order valence-electron chi connectivity index (χ3n) is 12.0. The summed E-state index contributed by atoms with van der Waals surface area (Å²) in [6.45, 7) is 17.5. The molecular formula is C49H51N7O5S. The Balaban J connectivity index is 1.12. The zero-order valence-electron chi connectivity index (χ0n) is 35.9. The molecule has 0 saturated carbocycles. The second kappa shape index (κ2) is 17.3. The molecular weight excluding hydrogens is 799 g/mol. The number of carbonyl (C=O) groups is 2. The summed E-state index contributed by atoms with van der Waals surface area (Å²) in [7, 11) is 0. The zero-order chi connectivity index (χ0) is 43.7. The van der Waals surface area contributed by atoms with Crippen LogP contribution in [0.25, 0.3) is 11.0 Å². The van der Waals surface area contributed by atoms with Crippen LogP contribution in [0.1, 0.15) is 78.9 Å². The van der Waals surface area contributed by atoms with Gasteiger partial charge in [-0.25, -0.2) is 9.80 Å². The van der Waals surface area contributed by atoms with Crippen LogP contribution in [0.3, 0.4) is 0 Å². The molecule has 0 bridgehead atoms. The molecule has 318 valence electrons. The van der Waals surface area contributed by atoms with E-state index in [0.29, 0.717) is 39.4 Å². The maximum Gasteiger partial charge on any atom is 0.349 e. The second-order valence-corrected chi connectivity index (χ2v) is 15.6. The van der Waals surface area contributed by atoms with Crippen molar-refractivity contribution in [3.8, 4) is 11.5 Å². The Morgan fingerprint density at radius 2 is 1.24 bits per heavy atom. The SMILES string of the molecule is CCN(CC)c1ccc2c(c1)Oc1ccc(N(CC)CC)cc1C21c2ccccc2C(=O)N1NC(=S)Nc1cccc(NC(=O)c2cc3ccc(N(CC)CC)cc3oc2=O)c1. The quantitative estimate of drug-likeness (QED) is 0.0762. The molecule has 12 nitrogen and oxygen atoms in total. The fourth-order valence-corrected chi connectivity index (χ4v) is 9.05. The number of anilines is 5. The van der Waals surface area contributed by atoms with Gasteiger partial charge in [0, 0.05) is 107 Å². The van der Waals surface area contributed by atoms with Gasteiger partial charge in [0.25, 0.3) is 11.8 Å². The number of carbonyl (C=O) groups excluding carboxylic acids is 2. The van der Waals surface area contributed by atoms with E-state index < -0.39 is 17.1 Å². The highest BCUT2D eigenvalue weighted by Gasteiger charge is 2.57. The van der Waals surface area contributed by atoms with Crippen LogP contribution in [0.4, 0.5) is 28.4 Å². The lowest BCUT2D eigenvalue weighted by Crippen LogP contribution is -2.56. The Kier molecular flexibility index (Phi) is 11.6. The molecule has 2 amide bonds. The smallest absolute Gasteiger partial charge is 0.349 e. The van der Waals surface area contributed by atoms with Gasteiger partial charge in [-0.2, -0.15) is 0 Å². The van der Waals surface area contributed by atoms with E-state index in [1.165, 1.54) is 0 Å². The van der Waals surface area contributed by atoms with Crippen LogP contribution in [0.5, 0.6) is 11.5 Å². The Labute approximate surface area is 367 Å². The van der Waals surface area contributed by atoms with Gasteiger partial charge < -0.3 is 34.5 Å². The van der Waals surface area contributed by atoms with Crippen LogP contribution in [-0.4, -0.2) is 61.2 Å². The molecule has 13 heteroatoms. The summed E-state index contributed by atoms with van der Waals surface area (Å²) < 4.78 is 12.4. The summed E-state index contributed by atoms with van der Waals surface area (Å²) in [5, 5.41) is 8.46. The molecule has 2 aliphatic heterocycles. The zero-order valence-corrected chi connectivity index (χ0v) is 36.7. The molecule has 2 aliphatic rings. The van der Waals surface area contributed by atoms with E-state index in [1.807, 2.05) is 48.5 Å². The van der Waals surface area contributed by atoms with Gasteiger partial charge in [0.05, 0.1) is 0 Å². The Morgan fingerprint density at radius 1 is 0.629 bits per heavy atom. The number of hydrogen-bond donors (Lipinski definition) is 3. The van der Waals surface area contributed by atoms with Crippen LogP contribution < -0.4 is 41.1 Å². The normalized spacial score (nSPS) is 14.7. The Hall–Kier alpha value is -6.86. The minimum Gasteiger partial charge on any atom is -0.456 e. The summed E-state index contributed by atoms with van der Waals surface area (Å²) in [5.74, 6) is 0.400. The Bertz CT molecular complexity index is 2760. The second-order valence-electron chi connectivity index (χ2n) is 15.1. The molecule has 1 spiro atoms. The first-order valence-corrected chi connectivity index (χ1v) is 21.7. The fourth-order valence-electron chi connectivity index (χ4n) is 8.84. The average Bonchev–Trinajstić information content (AvgIpc) is 3.51. The number of amides is 2. The monoisotopic (exact) mass is 849 g/mol. The van der Waals surface area contributed by atoms with Gasteiger partial charge in [0.1, 0.15) is 28.2 Å². The number of hydrogen-bond acceptors (Lipinski definition) is 9. The molecule has 0 aliphatic carbocycles. The summed E-state index contributed by atoms with van der Waals surface area (Å²) in [6, 6.07) is 34.2. The highest BCUT2D eigenvalue weighted by molar-refractivity contribution is 7.80. The first kappa shape index (κ1) is 41.9. The number of benzene rings is 5. The number of hydrazine groups is 1. The van der Waals surface area contributed by atoms with Gasteiger partial charge in [0.15, 0.2) is 5.11 Å². The van der Waals surface area contributed by atoms with E-state index in [2.05, 4.69) is 103 Å². The van der Waals surface area contributed by atoms with Crippen LogP contribution in [0, 0.1) is 0 Å². The topological polar surface area (TPSA) is 123 Å². The van der Waals surface area contributed by atoms with Crippen molar-refractivity contribution < 1.29 is 18.7 Å². The summed E-state index contributed by atoms with van der Waals surface area (Å²) in [6.07, 6.45) is 0. The molecule has 3 N–H and O–H groups in total. The van der Waals surface area contributed by atoms with Crippen LogP contribution in [-0.2, 0) is 5.54 Å². The largest absolute Gasteiger partial charge is 0.456 e. The standard InChI is InChI=1S/C49H51N7O5S/c1-7-53(8-2)34-23-25-42-41(28-34)49(40-24-22-36(30-44(40)60-42)55(11-5)12-6)39-19-14-13-18-37(39)46(58)56(49)52-48(62)51-33-17-15-16-32(27-33)50-45(57)38-26-31-20-21-35(54(9-3)10-4)29-43(31)61-47(38)59/h13-30H,7-12H2,1-6H3,(H,50,57)(H2,51,52,62). The van der Waals surface area contributed by atoms with Crippen molar-refractivity contribution in [2.75, 3.05) is 64.6 Å². The van der Waals surface area contributed by atoms with Gasteiger partial charge in [-0.3, -0.25) is 15.0 Å². The molecule has 1 unspecified atom stereocenters. The van der Waals surface area contributed by atoms with Crippen LogP contribution in [0.15, 0.2) is 118 Å². The number of nitrogens with zero attached hydrogens (tertiary/aromatic N) is 4. The van der Waals surface area contributed by atoms with Gasteiger partial charge in [-0.1, -0.05) is 30.3 Å². The maximum atomic E-state index is 14.8. The van der Waals surface area contributed by atoms with E-state index >= 15 is 0 Å². The van der Waals surface area contributed by atoms with Crippen molar-refractivity contribution in [2.45, 2.75) is 47.1 Å². The van der Waals surface area contributed by atoms with Crippen molar-refractivity contribution in [3.05, 3.63) is 147 Å². The van der Waals surface area contributed by atoms with Crippen LogP contribution in [0.2, 0.25) is 0 Å². The van der Waals surface area contributed by atoms with Gasteiger partial charge in [0.2, 0.25) is 0 Å². The minimum absolute atomic E-state index is 0.119. The third kappa shape index (κ3) is 7.25. The van der Waals surface area contributed by atoms with Crippen molar-refractivity contribution >= 4 is 68.6 Å². The number of rotatable bonds is 13. The molecule has 8 rings (SSSR count). The highest BCUT2D eigenvalue weighted by Crippen LogP contribution is 2.58. The molecule has 0 fully saturated rings. The predicted molar refractivity (Wildman–Crippen MR) is 252 cm³/mol. The van der Waals surface area contributed by atoms with Crippen LogP contribution >= 0.6 is 12.2 Å². The molecule has 62 heavy (non-hydrogen) atoms. The molecule has 5 aromatic carbocycles. The Morgan fingerprint density at radius 3 is 1.94 bits per heavy atom. The van der Waals surface area contributed by atoms with Crippen molar-refractivity contribution in [1.29, 1.82) is 0 Å². The fraction of sp³-hybridized carbons (Fsp3) is 0.265. The molecule has 3 heterocycles. The van der Waals surface area contributed by atoms with E-state index in [-0.39, 0.29) is 16.6 Å². The van der Waals surface area contributed by atoms with E-state index in [0.717, 1.165) is 73.0 Å². The summed E-state index contributed by atoms with van der Waals surface area (Å²) in [4.78, 5) is 48.1. The molecule has 1 atom stereocenters. The third-order valence-corrected chi connectivity index (χ3v) is 12.1. The number of thiocarbonyl (C=S) groups is 1. The van der Waals surface area contributed by atoms with E-state index in [9.17, 15) is 14.4 Å². The van der Waals surface area contributed by atoms with Gasteiger partial charge in [-0.15, -0.1) is 0 Å². The summed E-state index contributed by atoms with van der Waals surface area (Å²) >= 11 is 5.98. The maximum absolute atomic E-state index is 14.8. The number of ether oxygens (including phenoxy) is 1. The van der Waals surface area contributed by atoms with Gasteiger partial charge >= 0.3 is 5.63 Å². The van der Waals surface area contributed by atoms with E-state index in [1.54, 1.807) is 35.3 Å². The van der Waals surface area contributed by atoms with Crippen molar-refractivity contribution in [1.82, 2.24) is 10.4 Å². The van der Waals surface area contributed by atoms with Crippen molar-refractivity contribution in [2.24, 2.45) is 0 Å². The number of nitrogens with one attached hydrogen (secondary N) is 3. The molecule has 0 saturated heterocycles. The minimum atomic E-state index is -1.18. The first-order valence-electron chi connectivity index (χ1n) is 21.3. The molecule has 1 aromatic heterocycles. The highest BCUT2D eigenvalue weighted by atomic mass is 32.1. The van der Waals surface area contributed by atoms with Gasteiger partial charge in [-0.05, 0) is 120 Å². The van der Waals surface area contributed by atoms with Crippen molar-refractivity contribution in [3.63, 3.8) is 0 Å².